The second-order valence-electron chi connectivity index (χ2n) is 3.54. The third kappa shape index (κ3) is 3.17. The van der Waals surface area contributed by atoms with Crippen molar-refractivity contribution in [2.45, 2.75) is 13.3 Å². The van der Waals surface area contributed by atoms with Crippen LogP contribution in [0.3, 0.4) is 0 Å². The van der Waals surface area contributed by atoms with Crippen molar-refractivity contribution in [3.05, 3.63) is 22.8 Å². The second kappa shape index (κ2) is 5.97. The molecule has 2 aromatic rings. The lowest BCUT2D eigenvalue weighted by atomic mass is 10.4. The maximum Gasteiger partial charge on any atom is 0.243 e. The fraction of sp³-hybridized carbons (Fsp3) is 0.455. The van der Waals surface area contributed by atoms with Crippen LogP contribution in [0.15, 0.2) is 22.8 Å². The molecule has 17 heavy (non-hydrogen) atoms. The first-order valence-electron chi connectivity index (χ1n) is 5.63. The number of aromatic nitrogens is 3. The standard InChI is InChI=1S/C11H15BrN4O/c1-2-17-8-4-6-13-11-14-10-9(12)5-3-7-16(10)15-11/h3,5,7H,2,4,6,8H2,1H3,(H,13,15). The van der Waals surface area contributed by atoms with Crippen LogP contribution in [0.2, 0.25) is 0 Å². The van der Waals surface area contributed by atoms with Gasteiger partial charge in [-0.25, -0.2) is 4.52 Å². The van der Waals surface area contributed by atoms with Gasteiger partial charge in [-0.1, -0.05) is 0 Å². The lowest BCUT2D eigenvalue weighted by Gasteiger charge is -2.01. The zero-order valence-electron chi connectivity index (χ0n) is 9.69. The van der Waals surface area contributed by atoms with E-state index in [0.29, 0.717) is 5.95 Å². The first-order valence-corrected chi connectivity index (χ1v) is 6.43. The minimum Gasteiger partial charge on any atom is -0.382 e. The summed E-state index contributed by atoms with van der Waals surface area (Å²) in [6.07, 6.45) is 2.82. The minimum atomic E-state index is 0.647. The van der Waals surface area contributed by atoms with Crippen LogP contribution in [0.5, 0.6) is 0 Å². The fourth-order valence-electron chi connectivity index (χ4n) is 1.47. The number of pyridine rings is 1. The molecular weight excluding hydrogens is 284 g/mol. The smallest absolute Gasteiger partial charge is 0.243 e. The third-order valence-corrected chi connectivity index (χ3v) is 2.89. The molecule has 92 valence electrons. The van der Waals surface area contributed by atoms with Crippen LogP contribution in [-0.2, 0) is 4.74 Å². The summed E-state index contributed by atoms with van der Waals surface area (Å²) < 4.78 is 7.94. The monoisotopic (exact) mass is 298 g/mol. The van der Waals surface area contributed by atoms with Crippen molar-refractivity contribution in [1.82, 2.24) is 14.6 Å². The summed E-state index contributed by atoms with van der Waals surface area (Å²) in [6, 6.07) is 3.87. The highest BCUT2D eigenvalue weighted by atomic mass is 79.9. The molecule has 0 radical (unpaired) electrons. The molecule has 0 amide bonds. The van der Waals surface area contributed by atoms with Crippen LogP contribution >= 0.6 is 15.9 Å². The van der Waals surface area contributed by atoms with E-state index in [1.165, 1.54) is 0 Å². The molecule has 2 heterocycles. The number of hydrogen-bond acceptors (Lipinski definition) is 4. The Bertz CT molecular complexity index is 485. The van der Waals surface area contributed by atoms with Crippen LogP contribution in [-0.4, -0.2) is 34.4 Å². The number of anilines is 1. The van der Waals surface area contributed by atoms with Crippen LogP contribution in [0, 0.1) is 0 Å². The van der Waals surface area contributed by atoms with Crippen molar-refractivity contribution < 1.29 is 4.74 Å². The fourth-order valence-corrected chi connectivity index (χ4v) is 1.89. The van der Waals surface area contributed by atoms with Crippen molar-refractivity contribution in [1.29, 1.82) is 0 Å². The highest BCUT2D eigenvalue weighted by Gasteiger charge is 2.04. The van der Waals surface area contributed by atoms with E-state index in [-0.39, 0.29) is 0 Å². The molecule has 2 rings (SSSR count). The maximum atomic E-state index is 5.26. The van der Waals surface area contributed by atoms with Gasteiger partial charge in [-0.15, -0.1) is 5.10 Å². The Hall–Kier alpha value is -1.14. The highest BCUT2D eigenvalue weighted by molar-refractivity contribution is 9.10. The van der Waals surface area contributed by atoms with Gasteiger partial charge in [0.25, 0.3) is 0 Å². The number of fused-ring (bicyclic) bond motifs is 1. The van der Waals surface area contributed by atoms with E-state index in [1.807, 2.05) is 25.3 Å². The van der Waals surface area contributed by atoms with Crippen molar-refractivity contribution in [2.24, 2.45) is 0 Å². The quantitative estimate of drug-likeness (QED) is 0.832. The summed E-state index contributed by atoms with van der Waals surface area (Å²) in [5.41, 5.74) is 0.819. The largest absolute Gasteiger partial charge is 0.382 e. The number of nitrogens with one attached hydrogen (secondary N) is 1. The summed E-state index contributed by atoms with van der Waals surface area (Å²) >= 11 is 3.44. The molecular formula is C11H15BrN4O. The predicted octanol–water partition coefficient (Wildman–Crippen LogP) is 2.33. The average Bonchev–Trinajstić information content (AvgIpc) is 2.73. The second-order valence-corrected chi connectivity index (χ2v) is 4.39. The molecule has 0 aliphatic carbocycles. The normalized spacial score (nSPS) is 10.9. The predicted molar refractivity (Wildman–Crippen MR) is 70.3 cm³/mol. The maximum absolute atomic E-state index is 5.26. The number of halogens is 1. The SMILES string of the molecule is CCOCCCNc1nc2c(Br)cccn2n1. The number of nitrogens with zero attached hydrogens (tertiary/aromatic N) is 3. The Labute approximate surface area is 108 Å². The molecule has 2 aromatic heterocycles. The summed E-state index contributed by atoms with van der Waals surface area (Å²) in [5, 5.41) is 7.49. The molecule has 0 unspecified atom stereocenters. The van der Waals surface area contributed by atoms with E-state index in [4.69, 9.17) is 4.74 Å². The van der Waals surface area contributed by atoms with Gasteiger partial charge in [0, 0.05) is 26.0 Å². The molecule has 1 N–H and O–H groups in total. The summed E-state index contributed by atoms with van der Waals surface area (Å²) in [5.74, 6) is 0.647. The van der Waals surface area contributed by atoms with E-state index in [2.05, 4.69) is 31.3 Å². The Morgan fingerprint density at radius 3 is 3.18 bits per heavy atom. The van der Waals surface area contributed by atoms with Gasteiger partial charge in [0.15, 0.2) is 5.65 Å². The lowest BCUT2D eigenvalue weighted by molar-refractivity contribution is 0.147. The Balaban J connectivity index is 1.93. The van der Waals surface area contributed by atoms with Crippen LogP contribution < -0.4 is 5.32 Å². The van der Waals surface area contributed by atoms with Gasteiger partial charge in [0.2, 0.25) is 5.95 Å². The Morgan fingerprint density at radius 1 is 1.53 bits per heavy atom. The van der Waals surface area contributed by atoms with Gasteiger partial charge in [-0.05, 0) is 41.4 Å². The molecule has 0 fully saturated rings. The van der Waals surface area contributed by atoms with E-state index >= 15 is 0 Å². The number of hydrogen-bond donors (Lipinski definition) is 1. The molecule has 0 bridgehead atoms. The van der Waals surface area contributed by atoms with E-state index in [0.717, 1.165) is 36.3 Å². The third-order valence-electron chi connectivity index (χ3n) is 2.27. The van der Waals surface area contributed by atoms with Crippen molar-refractivity contribution in [3.8, 4) is 0 Å². The van der Waals surface area contributed by atoms with Crippen molar-refractivity contribution in [2.75, 3.05) is 25.1 Å². The van der Waals surface area contributed by atoms with E-state index in [1.54, 1.807) is 4.52 Å². The lowest BCUT2D eigenvalue weighted by Crippen LogP contribution is -2.06. The number of ether oxygens (including phenoxy) is 1. The molecule has 0 saturated carbocycles. The molecule has 0 atom stereocenters. The molecule has 0 aromatic carbocycles. The zero-order valence-corrected chi connectivity index (χ0v) is 11.3. The van der Waals surface area contributed by atoms with Gasteiger partial charge in [0.05, 0.1) is 4.47 Å². The molecule has 0 spiro atoms. The van der Waals surface area contributed by atoms with Crippen molar-refractivity contribution >= 4 is 27.5 Å². The van der Waals surface area contributed by atoms with Crippen LogP contribution in [0.1, 0.15) is 13.3 Å². The highest BCUT2D eigenvalue weighted by Crippen LogP contribution is 2.16. The van der Waals surface area contributed by atoms with E-state index < -0.39 is 0 Å². The summed E-state index contributed by atoms with van der Waals surface area (Å²) in [4.78, 5) is 4.38. The Morgan fingerprint density at radius 2 is 2.41 bits per heavy atom. The summed E-state index contributed by atoms with van der Waals surface area (Å²) in [7, 11) is 0. The van der Waals surface area contributed by atoms with Crippen molar-refractivity contribution in [3.63, 3.8) is 0 Å². The van der Waals surface area contributed by atoms with Gasteiger partial charge >= 0.3 is 0 Å². The molecule has 6 heteroatoms. The van der Waals surface area contributed by atoms with Crippen LogP contribution in [0.25, 0.3) is 5.65 Å². The first kappa shape index (κ1) is 12.3. The Kier molecular flexibility index (Phi) is 4.33. The van der Waals surface area contributed by atoms with Gasteiger partial charge in [-0.3, -0.25) is 0 Å². The molecule has 0 saturated heterocycles. The first-order chi connectivity index (χ1) is 8.31. The van der Waals surface area contributed by atoms with Gasteiger partial charge in [-0.2, -0.15) is 4.98 Å². The summed E-state index contributed by atoms with van der Waals surface area (Å²) in [6.45, 7) is 4.34. The molecule has 5 nitrogen and oxygen atoms in total. The zero-order chi connectivity index (χ0) is 12.1. The van der Waals surface area contributed by atoms with E-state index in [9.17, 15) is 0 Å². The minimum absolute atomic E-state index is 0.647. The average molecular weight is 299 g/mol. The number of rotatable bonds is 6. The molecule has 0 aliphatic heterocycles. The van der Waals surface area contributed by atoms with Gasteiger partial charge < -0.3 is 10.1 Å². The molecule has 0 aliphatic rings. The topological polar surface area (TPSA) is 51.5 Å². The van der Waals surface area contributed by atoms with Gasteiger partial charge in [0.1, 0.15) is 0 Å². The van der Waals surface area contributed by atoms with Crippen LogP contribution in [0.4, 0.5) is 5.95 Å².